The fourth-order valence-electron chi connectivity index (χ4n) is 2.59. The van der Waals surface area contributed by atoms with Gasteiger partial charge in [0, 0.05) is 25.0 Å². The molecule has 3 heteroatoms. The molecule has 2 unspecified atom stereocenters. The molecule has 2 rings (SSSR count). The lowest BCUT2D eigenvalue weighted by atomic mass is 10.0. The second-order valence-corrected chi connectivity index (χ2v) is 5.21. The summed E-state index contributed by atoms with van der Waals surface area (Å²) < 4.78 is 0. The summed E-state index contributed by atoms with van der Waals surface area (Å²) in [6.07, 6.45) is 2.34. The fourth-order valence-corrected chi connectivity index (χ4v) is 2.59. The largest absolute Gasteiger partial charge is 0.338 e. The molecule has 0 saturated carbocycles. The van der Waals surface area contributed by atoms with E-state index < -0.39 is 0 Å². The van der Waals surface area contributed by atoms with Crippen LogP contribution in [0.2, 0.25) is 0 Å². The molecule has 1 aromatic carbocycles. The first kappa shape index (κ1) is 13.1. The van der Waals surface area contributed by atoms with E-state index in [4.69, 9.17) is 5.73 Å². The molecular formula is C15H22N2O. The van der Waals surface area contributed by atoms with Crippen molar-refractivity contribution in [3.05, 3.63) is 35.4 Å². The van der Waals surface area contributed by atoms with Crippen LogP contribution in [-0.4, -0.2) is 29.4 Å². The van der Waals surface area contributed by atoms with Crippen molar-refractivity contribution in [2.45, 2.75) is 45.2 Å². The summed E-state index contributed by atoms with van der Waals surface area (Å²) in [6, 6.07) is 8.58. The molecule has 0 aliphatic carbocycles. The third-order valence-corrected chi connectivity index (χ3v) is 4.00. The number of carbonyl (C=O) groups is 1. The van der Waals surface area contributed by atoms with Gasteiger partial charge in [-0.2, -0.15) is 0 Å². The van der Waals surface area contributed by atoms with Gasteiger partial charge in [-0.3, -0.25) is 4.79 Å². The summed E-state index contributed by atoms with van der Waals surface area (Å²) in [5, 5.41) is 0. The third-order valence-electron chi connectivity index (χ3n) is 4.00. The zero-order valence-electron chi connectivity index (χ0n) is 11.2. The Balaban J connectivity index is 1.91. The van der Waals surface area contributed by atoms with E-state index in [0.29, 0.717) is 6.42 Å². The van der Waals surface area contributed by atoms with Crippen molar-refractivity contribution < 1.29 is 4.79 Å². The number of nitrogens with two attached hydrogens (primary N) is 1. The number of amides is 1. The Morgan fingerprint density at radius 1 is 1.44 bits per heavy atom. The second-order valence-electron chi connectivity index (χ2n) is 5.21. The number of hydrogen-bond donors (Lipinski definition) is 1. The number of carbonyl (C=O) groups excluding carboxylic acids is 1. The highest BCUT2D eigenvalue weighted by Crippen LogP contribution is 2.18. The molecule has 1 aromatic rings. The molecule has 3 nitrogen and oxygen atoms in total. The van der Waals surface area contributed by atoms with Crippen LogP contribution in [0.15, 0.2) is 24.3 Å². The Bertz CT molecular complexity index is 430. The van der Waals surface area contributed by atoms with Crippen molar-refractivity contribution >= 4 is 5.91 Å². The number of hydrogen-bond acceptors (Lipinski definition) is 2. The molecule has 0 radical (unpaired) electrons. The van der Waals surface area contributed by atoms with Gasteiger partial charge >= 0.3 is 0 Å². The monoisotopic (exact) mass is 246 g/mol. The Morgan fingerprint density at radius 2 is 2.17 bits per heavy atom. The fraction of sp³-hybridized carbons (Fsp3) is 0.533. The van der Waals surface area contributed by atoms with E-state index in [1.807, 2.05) is 24.0 Å². The van der Waals surface area contributed by atoms with E-state index in [-0.39, 0.29) is 18.0 Å². The molecule has 1 aliphatic rings. The number of aryl methyl sites for hydroxylation is 2. The molecule has 1 amide bonds. The van der Waals surface area contributed by atoms with Gasteiger partial charge in [0.2, 0.25) is 5.91 Å². The van der Waals surface area contributed by atoms with Gasteiger partial charge in [-0.05, 0) is 37.8 Å². The maximum absolute atomic E-state index is 12.2. The summed E-state index contributed by atoms with van der Waals surface area (Å²) in [6.45, 7) is 4.95. The van der Waals surface area contributed by atoms with Gasteiger partial charge in [-0.25, -0.2) is 0 Å². The van der Waals surface area contributed by atoms with E-state index in [1.54, 1.807) is 0 Å². The minimum Gasteiger partial charge on any atom is -0.338 e. The summed E-state index contributed by atoms with van der Waals surface area (Å²) in [7, 11) is 0. The maximum Gasteiger partial charge on any atom is 0.223 e. The SMILES string of the molecule is Cc1ccccc1CCC(=O)N1CCC(N)C1C. The molecule has 98 valence electrons. The van der Waals surface area contributed by atoms with Crippen molar-refractivity contribution in [1.29, 1.82) is 0 Å². The first-order chi connectivity index (χ1) is 8.59. The molecule has 2 atom stereocenters. The Labute approximate surface area is 109 Å². The highest BCUT2D eigenvalue weighted by atomic mass is 16.2. The van der Waals surface area contributed by atoms with Crippen molar-refractivity contribution in [3.63, 3.8) is 0 Å². The van der Waals surface area contributed by atoms with E-state index in [1.165, 1.54) is 11.1 Å². The molecule has 1 heterocycles. The molecule has 1 saturated heterocycles. The second kappa shape index (κ2) is 5.53. The molecule has 1 fully saturated rings. The Hall–Kier alpha value is -1.35. The molecule has 1 aliphatic heterocycles. The predicted octanol–water partition coefficient (Wildman–Crippen LogP) is 1.88. The van der Waals surface area contributed by atoms with Crippen molar-refractivity contribution in [1.82, 2.24) is 4.90 Å². The predicted molar refractivity (Wildman–Crippen MR) is 73.3 cm³/mol. The topological polar surface area (TPSA) is 46.3 Å². The van der Waals surface area contributed by atoms with Gasteiger partial charge in [0.15, 0.2) is 0 Å². The van der Waals surface area contributed by atoms with Crippen LogP contribution in [0, 0.1) is 6.92 Å². The van der Waals surface area contributed by atoms with Crippen LogP contribution in [0.5, 0.6) is 0 Å². The van der Waals surface area contributed by atoms with Crippen molar-refractivity contribution in [2.75, 3.05) is 6.54 Å². The minimum atomic E-state index is 0.146. The average molecular weight is 246 g/mol. The number of benzene rings is 1. The minimum absolute atomic E-state index is 0.146. The number of nitrogens with zero attached hydrogens (tertiary/aromatic N) is 1. The molecule has 0 spiro atoms. The highest BCUT2D eigenvalue weighted by Gasteiger charge is 2.30. The highest BCUT2D eigenvalue weighted by molar-refractivity contribution is 5.77. The van der Waals surface area contributed by atoms with Crippen LogP contribution >= 0.6 is 0 Å². The van der Waals surface area contributed by atoms with Crippen LogP contribution in [0.4, 0.5) is 0 Å². The third kappa shape index (κ3) is 2.72. The summed E-state index contributed by atoms with van der Waals surface area (Å²) in [4.78, 5) is 14.1. The molecule has 2 N–H and O–H groups in total. The standard InChI is InChI=1S/C15H22N2O/c1-11-5-3-4-6-13(11)7-8-15(18)17-10-9-14(16)12(17)2/h3-6,12,14H,7-10,16H2,1-2H3. The normalized spacial score (nSPS) is 23.4. The average Bonchev–Trinajstić information content (AvgIpc) is 2.69. The van der Waals surface area contributed by atoms with Gasteiger partial charge < -0.3 is 10.6 Å². The van der Waals surface area contributed by atoms with E-state index in [9.17, 15) is 4.79 Å². The van der Waals surface area contributed by atoms with E-state index >= 15 is 0 Å². The molecule has 0 bridgehead atoms. The smallest absolute Gasteiger partial charge is 0.223 e. The first-order valence-corrected chi connectivity index (χ1v) is 6.69. The summed E-state index contributed by atoms with van der Waals surface area (Å²) in [5.41, 5.74) is 8.47. The lowest BCUT2D eigenvalue weighted by Gasteiger charge is -2.23. The van der Waals surface area contributed by atoms with Gasteiger partial charge in [-0.1, -0.05) is 24.3 Å². The number of rotatable bonds is 3. The Morgan fingerprint density at radius 3 is 2.78 bits per heavy atom. The van der Waals surface area contributed by atoms with Crippen LogP contribution in [0.25, 0.3) is 0 Å². The lowest BCUT2D eigenvalue weighted by Crippen LogP contribution is -2.40. The maximum atomic E-state index is 12.2. The molecular weight excluding hydrogens is 224 g/mol. The van der Waals surface area contributed by atoms with Crippen LogP contribution in [-0.2, 0) is 11.2 Å². The van der Waals surface area contributed by atoms with Gasteiger partial charge in [0.1, 0.15) is 0 Å². The number of likely N-dealkylation sites (tertiary alicyclic amines) is 1. The van der Waals surface area contributed by atoms with Gasteiger partial charge in [0.25, 0.3) is 0 Å². The molecule has 18 heavy (non-hydrogen) atoms. The summed E-state index contributed by atoms with van der Waals surface area (Å²) in [5.74, 6) is 0.235. The lowest BCUT2D eigenvalue weighted by molar-refractivity contribution is -0.131. The first-order valence-electron chi connectivity index (χ1n) is 6.69. The van der Waals surface area contributed by atoms with Gasteiger partial charge in [-0.15, -0.1) is 0 Å². The zero-order valence-corrected chi connectivity index (χ0v) is 11.2. The van der Waals surface area contributed by atoms with E-state index in [2.05, 4.69) is 19.1 Å². The van der Waals surface area contributed by atoms with Crippen LogP contribution in [0.1, 0.15) is 30.9 Å². The van der Waals surface area contributed by atoms with E-state index in [0.717, 1.165) is 19.4 Å². The quantitative estimate of drug-likeness (QED) is 0.885. The Kier molecular flexibility index (Phi) is 4.02. The van der Waals surface area contributed by atoms with Crippen LogP contribution in [0.3, 0.4) is 0 Å². The summed E-state index contributed by atoms with van der Waals surface area (Å²) >= 11 is 0. The van der Waals surface area contributed by atoms with Crippen LogP contribution < -0.4 is 5.73 Å². The zero-order chi connectivity index (χ0) is 13.1. The van der Waals surface area contributed by atoms with Crippen molar-refractivity contribution in [2.24, 2.45) is 5.73 Å². The van der Waals surface area contributed by atoms with Crippen molar-refractivity contribution in [3.8, 4) is 0 Å². The van der Waals surface area contributed by atoms with Gasteiger partial charge in [0.05, 0.1) is 0 Å². The molecule has 0 aromatic heterocycles.